The Morgan fingerprint density at radius 3 is 2.68 bits per heavy atom. The number of halogens is 2. The van der Waals surface area contributed by atoms with Crippen LogP contribution in [0.3, 0.4) is 0 Å². The van der Waals surface area contributed by atoms with E-state index in [0.29, 0.717) is 5.56 Å². The third kappa shape index (κ3) is 3.26. The first-order valence-electron chi connectivity index (χ1n) is 5.61. The standard InChI is InChI=1S/C13H11ClFN3O/c1-8(9-4-2-3-5-10(9)15)18-13(19)11-6-17-12(14)7-16-11/h2-8H,1H3,(H,18,19). The summed E-state index contributed by atoms with van der Waals surface area (Å²) in [6.07, 6.45) is 2.55. The maximum atomic E-state index is 13.5. The van der Waals surface area contributed by atoms with E-state index in [1.54, 1.807) is 25.1 Å². The Hall–Kier alpha value is -2.01. The van der Waals surface area contributed by atoms with Gasteiger partial charge >= 0.3 is 0 Å². The van der Waals surface area contributed by atoms with Crippen molar-refractivity contribution in [3.8, 4) is 0 Å². The highest BCUT2D eigenvalue weighted by Crippen LogP contribution is 2.16. The summed E-state index contributed by atoms with van der Waals surface area (Å²) in [5, 5.41) is 2.86. The molecule has 98 valence electrons. The van der Waals surface area contributed by atoms with Gasteiger partial charge in [0.25, 0.3) is 5.91 Å². The molecular weight excluding hydrogens is 269 g/mol. The second kappa shape index (κ2) is 5.75. The van der Waals surface area contributed by atoms with Gasteiger partial charge in [0.1, 0.15) is 16.7 Å². The summed E-state index contributed by atoms with van der Waals surface area (Å²) >= 11 is 5.58. The number of rotatable bonds is 3. The van der Waals surface area contributed by atoms with Crippen molar-refractivity contribution in [2.75, 3.05) is 0 Å². The van der Waals surface area contributed by atoms with Crippen LogP contribution >= 0.6 is 11.6 Å². The maximum Gasteiger partial charge on any atom is 0.271 e. The summed E-state index contributed by atoms with van der Waals surface area (Å²) < 4.78 is 13.5. The van der Waals surface area contributed by atoms with E-state index >= 15 is 0 Å². The predicted octanol–water partition coefficient (Wildman–Crippen LogP) is 2.76. The van der Waals surface area contributed by atoms with Gasteiger partial charge in [0.2, 0.25) is 0 Å². The number of nitrogens with zero attached hydrogens (tertiary/aromatic N) is 2. The molecule has 0 radical (unpaired) electrons. The van der Waals surface area contributed by atoms with Gasteiger partial charge in [0.05, 0.1) is 18.4 Å². The maximum absolute atomic E-state index is 13.5. The van der Waals surface area contributed by atoms with Crippen LogP contribution in [0.1, 0.15) is 29.0 Å². The Kier molecular flexibility index (Phi) is 4.06. The number of carbonyl (C=O) groups is 1. The molecule has 4 nitrogen and oxygen atoms in total. The molecule has 1 heterocycles. The lowest BCUT2D eigenvalue weighted by Gasteiger charge is -2.14. The summed E-state index contributed by atoms with van der Waals surface area (Å²) in [6.45, 7) is 1.69. The molecule has 1 aromatic heterocycles. The molecule has 0 aliphatic carbocycles. The molecule has 0 bridgehead atoms. The van der Waals surface area contributed by atoms with Gasteiger partial charge < -0.3 is 5.32 Å². The lowest BCUT2D eigenvalue weighted by atomic mass is 10.1. The van der Waals surface area contributed by atoms with E-state index in [1.807, 2.05) is 0 Å². The Morgan fingerprint density at radius 1 is 1.32 bits per heavy atom. The number of hydrogen-bond donors (Lipinski definition) is 1. The number of benzene rings is 1. The highest BCUT2D eigenvalue weighted by atomic mass is 35.5. The smallest absolute Gasteiger partial charge is 0.271 e. The number of amides is 1. The van der Waals surface area contributed by atoms with Gasteiger partial charge in [0.15, 0.2) is 0 Å². The molecule has 1 unspecified atom stereocenters. The van der Waals surface area contributed by atoms with Gasteiger partial charge in [-0.05, 0) is 13.0 Å². The SMILES string of the molecule is CC(NC(=O)c1cnc(Cl)cn1)c1ccccc1F. The van der Waals surface area contributed by atoms with Gasteiger partial charge in [0, 0.05) is 5.56 Å². The largest absolute Gasteiger partial charge is 0.344 e. The molecule has 0 spiro atoms. The van der Waals surface area contributed by atoms with E-state index in [9.17, 15) is 9.18 Å². The van der Waals surface area contributed by atoms with E-state index in [2.05, 4.69) is 15.3 Å². The van der Waals surface area contributed by atoms with Crippen molar-refractivity contribution >= 4 is 17.5 Å². The molecule has 1 amide bonds. The van der Waals surface area contributed by atoms with Gasteiger partial charge in [-0.1, -0.05) is 29.8 Å². The second-order valence-corrected chi connectivity index (χ2v) is 4.33. The third-order valence-corrected chi connectivity index (χ3v) is 2.77. The second-order valence-electron chi connectivity index (χ2n) is 3.94. The Bertz CT molecular complexity index is 589. The average molecular weight is 280 g/mol. The van der Waals surface area contributed by atoms with Gasteiger partial charge in [-0.2, -0.15) is 0 Å². The van der Waals surface area contributed by atoms with Crippen molar-refractivity contribution in [2.24, 2.45) is 0 Å². The van der Waals surface area contributed by atoms with Crippen molar-refractivity contribution < 1.29 is 9.18 Å². The predicted molar refractivity (Wildman–Crippen MR) is 69.3 cm³/mol. The lowest BCUT2D eigenvalue weighted by Crippen LogP contribution is -2.28. The van der Waals surface area contributed by atoms with Crippen molar-refractivity contribution in [3.05, 3.63) is 58.9 Å². The summed E-state index contributed by atoms with van der Waals surface area (Å²) in [6, 6.07) is 5.81. The lowest BCUT2D eigenvalue weighted by molar-refractivity contribution is 0.0934. The number of nitrogens with one attached hydrogen (secondary N) is 1. The zero-order valence-electron chi connectivity index (χ0n) is 10.1. The summed E-state index contributed by atoms with van der Waals surface area (Å²) in [5.41, 5.74) is 0.547. The molecule has 2 rings (SSSR count). The number of carbonyl (C=O) groups excluding carboxylic acids is 1. The zero-order chi connectivity index (χ0) is 13.8. The summed E-state index contributed by atoms with van der Waals surface area (Å²) in [7, 11) is 0. The summed E-state index contributed by atoms with van der Waals surface area (Å²) in [5.74, 6) is -0.794. The minimum absolute atomic E-state index is 0.132. The van der Waals surface area contributed by atoms with Crippen LogP contribution in [0.25, 0.3) is 0 Å². The molecule has 0 saturated heterocycles. The van der Waals surface area contributed by atoms with Crippen molar-refractivity contribution in [2.45, 2.75) is 13.0 Å². The molecule has 1 N–H and O–H groups in total. The first kappa shape index (κ1) is 13.4. The van der Waals surface area contributed by atoms with Gasteiger partial charge in [-0.25, -0.2) is 14.4 Å². The zero-order valence-corrected chi connectivity index (χ0v) is 10.9. The molecule has 0 aliphatic heterocycles. The van der Waals surface area contributed by atoms with Crippen LogP contribution in [0.15, 0.2) is 36.7 Å². The molecule has 0 saturated carbocycles. The molecule has 6 heteroatoms. The fourth-order valence-electron chi connectivity index (χ4n) is 1.60. The van der Waals surface area contributed by atoms with Crippen LogP contribution in [0, 0.1) is 5.82 Å². The highest BCUT2D eigenvalue weighted by molar-refractivity contribution is 6.29. The Labute approximate surface area is 114 Å². The molecule has 19 heavy (non-hydrogen) atoms. The first-order valence-corrected chi connectivity index (χ1v) is 5.98. The van der Waals surface area contributed by atoms with Gasteiger partial charge in [-0.15, -0.1) is 0 Å². The normalized spacial score (nSPS) is 11.9. The van der Waals surface area contributed by atoms with E-state index in [0.717, 1.165) is 0 Å². The molecule has 0 aliphatic rings. The number of hydrogen-bond acceptors (Lipinski definition) is 3. The monoisotopic (exact) mass is 279 g/mol. The molecule has 1 atom stereocenters. The van der Waals surface area contributed by atoms with Crippen LogP contribution in [-0.4, -0.2) is 15.9 Å². The van der Waals surface area contributed by atoms with Gasteiger partial charge in [-0.3, -0.25) is 4.79 Å². The first-order chi connectivity index (χ1) is 9.08. The van der Waals surface area contributed by atoms with Crippen LogP contribution < -0.4 is 5.32 Å². The highest BCUT2D eigenvalue weighted by Gasteiger charge is 2.15. The quantitative estimate of drug-likeness (QED) is 0.940. The van der Waals surface area contributed by atoms with Crippen LogP contribution in [0.5, 0.6) is 0 Å². The average Bonchev–Trinajstić information content (AvgIpc) is 2.39. The van der Waals surface area contributed by atoms with E-state index in [4.69, 9.17) is 11.6 Å². The van der Waals surface area contributed by atoms with Crippen LogP contribution in [0.4, 0.5) is 4.39 Å². The Morgan fingerprint density at radius 2 is 2.05 bits per heavy atom. The van der Waals surface area contributed by atoms with E-state index in [1.165, 1.54) is 18.5 Å². The Balaban J connectivity index is 2.11. The third-order valence-electron chi connectivity index (χ3n) is 2.57. The minimum atomic E-state index is -0.467. The van der Waals surface area contributed by atoms with Crippen LogP contribution in [0.2, 0.25) is 5.15 Å². The summed E-state index contributed by atoms with van der Waals surface area (Å²) in [4.78, 5) is 19.5. The molecule has 2 aromatic rings. The van der Waals surface area contributed by atoms with Crippen molar-refractivity contribution in [1.29, 1.82) is 0 Å². The fraction of sp³-hybridized carbons (Fsp3) is 0.154. The minimum Gasteiger partial charge on any atom is -0.344 e. The van der Waals surface area contributed by atoms with E-state index < -0.39 is 11.9 Å². The molecule has 1 aromatic carbocycles. The van der Waals surface area contributed by atoms with Crippen molar-refractivity contribution in [3.63, 3.8) is 0 Å². The topological polar surface area (TPSA) is 54.9 Å². The fourth-order valence-corrected chi connectivity index (χ4v) is 1.70. The van der Waals surface area contributed by atoms with Crippen molar-refractivity contribution in [1.82, 2.24) is 15.3 Å². The number of aromatic nitrogens is 2. The van der Waals surface area contributed by atoms with Crippen LogP contribution in [-0.2, 0) is 0 Å². The molecular formula is C13H11ClFN3O. The molecule has 0 fully saturated rings. The van der Waals surface area contributed by atoms with E-state index in [-0.39, 0.29) is 16.7 Å².